The third kappa shape index (κ3) is 4.65. The Labute approximate surface area is 208 Å². The highest BCUT2D eigenvalue weighted by molar-refractivity contribution is 7.98. The van der Waals surface area contributed by atoms with Crippen molar-refractivity contribution in [3.8, 4) is 11.5 Å². The second kappa shape index (κ2) is 9.66. The van der Waals surface area contributed by atoms with E-state index in [1.807, 2.05) is 0 Å². The molecular formula is C28H46O3SSi. The van der Waals surface area contributed by atoms with Crippen molar-refractivity contribution in [1.29, 1.82) is 0 Å². The third-order valence-corrected chi connectivity index (χ3v) is 10.9. The Morgan fingerprint density at radius 2 is 1.85 bits per heavy atom. The van der Waals surface area contributed by atoms with Gasteiger partial charge in [0.1, 0.15) is 20.5 Å². The van der Waals surface area contributed by atoms with Crippen LogP contribution in [0.5, 0.6) is 0 Å². The van der Waals surface area contributed by atoms with Gasteiger partial charge in [0.2, 0.25) is 0 Å². The van der Waals surface area contributed by atoms with Crippen molar-refractivity contribution in [3.63, 3.8) is 0 Å². The summed E-state index contributed by atoms with van der Waals surface area (Å²) in [7, 11) is 0.253. The molecule has 33 heavy (non-hydrogen) atoms. The SMILES string of the molecule is COCO[C@H]1CC[C@@]2(C)C(=CC[C@@H]3[C@@H]2CC[C@@]2(C)[C@H]3CC[C@]2(C#C[Si](C)(C)C)OCSC)C1. The van der Waals surface area contributed by atoms with Crippen LogP contribution in [0.1, 0.15) is 65.2 Å². The number of fused-ring (bicyclic) bond motifs is 5. The average molecular weight is 491 g/mol. The average Bonchev–Trinajstić information content (AvgIpc) is 3.07. The molecule has 7 atom stereocenters. The van der Waals surface area contributed by atoms with Gasteiger partial charge < -0.3 is 14.2 Å². The Morgan fingerprint density at radius 1 is 1.09 bits per heavy atom. The smallest absolute Gasteiger partial charge is 0.146 e. The van der Waals surface area contributed by atoms with Gasteiger partial charge >= 0.3 is 0 Å². The van der Waals surface area contributed by atoms with Gasteiger partial charge in [-0.25, -0.2) is 0 Å². The topological polar surface area (TPSA) is 27.7 Å². The molecule has 0 N–H and O–H groups in total. The van der Waals surface area contributed by atoms with Crippen molar-refractivity contribution >= 4 is 19.8 Å². The van der Waals surface area contributed by atoms with Crippen LogP contribution in [0.2, 0.25) is 19.6 Å². The maximum absolute atomic E-state index is 6.74. The van der Waals surface area contributed by atoms with Gasteiger partial charge in [-0.05, 0) is 80.8 Å². The van der Waals surface area contributed by atoms with E-state index in [1.165, 1.54) is 32.1 Å². The number of hydrogen-bond donors (Lipinski definition) is 0. The number of rotatable bonds is 6. The molecule has 0 saturated heterocycles. The monoisotopic (exact) mass is 490 g/mol. The predicted octanol–water partition coefficient (Wildman–Crippen LogP) is 6.90. The van der Waals surface area contributed by atoms with Gasteiger partial charge in [0.25, 0.3) is 0 Å². The lowest BCUT2D eigenvalue weighted by Crippen LogP contribution is -2.55. The van der Waals surface area contributed by atoms with E-state index in [1.54, 1.807) is 24.4 Å². The summed E-state index contributed by atoms with van der Waals surface area (Å²) in [5, 5.41) is 0. The Kier molecular flexibility index (Phi) is 7.56. The first-order chi connectivity index (χ1) is 15.6. The van der Waals surface area contributed by atoms with Crippen LogP contribution < -0.4 is 0 Å². The molecule has 3 fully saturated rings. The zero-order valence-corrected chi connectivity index (χ0v) is 23.9. The fraction of sp³-hybridized carbons (Fsp3) is 0.857. The van der Waals surface area contributed by atoms with Crippen molar-refractivity contribution in [2.24, 2.45) is 28.6 Å². The number of hydrogen-bond acceptors (Lipinski definition) is 4. The molecule has 0 unspecified atom stereocenters. The molecule has 4 rings (SSSR count). The van der Waals surface area contributed by atoms with Gasteiger partial charge in [-0.1, -0.05) is 51.1 Å². The summed E-state index contributed by atoms with van der Waals surface area (Å²) in [5.74, 6) is 6.85. The minimum atomic E-state index is -1.46. The highest BCUT2D eigenvalue weighted by atomic mass is 32.2. The minimum absolute atomic E-state index is 0.164. The molecule has 4 aliphatic carbocycles. The van der Waals surface area contributed by atoms with Crippen molar-refractivity contribution in [2.45, 2.75) is 96.6 Å². The van der Waals surface area contributed by atoms with Crippen molar-refractivity contribution in [3.05, 3.63) is 11.6 Å². The zero-order valence-electron chi connectivity index (χ0n) is 22.1. The second-order valence-corrected chi connectivity index (χ2v) is 18.1. The molecule has 4 aliphatic rings. The maximum Gasteiger partial charge on any atom is 0.146 e. The van der Waals surface area contributed by atoms with E-state index >= 15 is 0 Å². The molecule has 3 nitrogen and oxygen atoms in total. The summed E-state index contributed by atoms with van der Waals surface area (Å²) in [6.07, 6.45) is 14.8. The highest BCUT2D eigenvalue weighted by Gasteiger charge is 2.64. The van der Waals surface area contributed by atoms with Crippen molar-refractivity contribution < 1.29 is 14.2 Å². The fourth-order valence-electron chi connectivity index (χ4n) is 7.86. The van der Waals surface area contributed by atoms with Crippen LogP contribution in [0.25, 0.3) is 0 Å². The normalized spacial score (nSPS) is 42.5. The van der Waals surface area contributed by atoms with Gasteiger partial charge in [0.05, 0.1) is 12.0 Å². The van der Waals surface area contributed by atoms with Crippen LogP contribution in [0.3, 0.4) is 0 Å². The molecule has 0 spiro atoms. The van der Waals surface area contributed by atoms with E-state index in [-0.39, 0.29) is 11.0 Å². The highest BCUT2D eigenvalue weighted by Crippen LogP contribution is 2.67. The van der Waals surface area contributed by atoms with E-state index in [9.17, 15) is 0 Å². The summed E-state index contributed by atoms with van der Waals surface area (Å²) in [6.45, 7) is 12.6. The van der Waals surface area contributed by atoms with Gasteiger partial charge in [-0.15, -0.1) is 17.3 Å². The van der Waals surface area contributed by atoms with E-state index in [0.29, 0.717) is 24.2 Å². The zero-order chi connectivity index (χ0) is 23.9. The van der Waals surface area contributed by atoms with Crippen LogP contribution in [0.4, 0.5) is 0 Å². The van der Waals surface area contributed by atoms with E-state index in [2.05, 4.69) is 57.3 Å². The molecule has 0 aromatic heterocycles. The first-order valence-electron chi connectivity index (χ1n) is 13.1. The molecule has 186 valence electrons. The molecule has 5 heteroatoms. The number of ether oxygens (including phenoxy) is 3. The molecule has 3 saturated carbocycles. The van der Waals surface area contributed by atoms with Gasteiger partial charge in [0, 0.05) is 12.5 Å². The number of methoxy groups -OCH3 is 1. The molecule has 0 heterocycles. The first-order valence-corrected chi connectivity index (χ1v) is 18.0. The lowest BCUT2D eigenvalue weighted by Gasteiger charge is -2.59. The molecular weight excluding hydrogens is 444 g/mol. The van der Waals surface area contributed by atoms with Crippen LogP contribution in [-0.4, -0.2) is 45.9 Å². The van der Waals surface area contributed by atoms with Crippen LogP contribution in [0.15, 0.2) is 11.6 Å². The summed E-state index contributed by atoms with van der Waals surface area (Å²) >= 11 is 1.79. The van der Waals surface area contributed by atoms with Crippen LogP contribution >= 0.6 is 11.8 Å². The summed E-state index contributed by atoms with van der Waals surface area (Å²) in [6, 6.07) is 0. The van der Waals surface area contributed by atoms with Crippen molar-refractivity contribution in [2.75, 3.05) is 26.1 Å². The van der Waals surface area contributed by atoms with E-state index in [0.717, 1.165) is 37.0 Å². The Bertz CT molecular complexity index is 810. The summed E-state index contributed by atoms with van der Waals surface area (Å²) in [4.78, 5) is 0. The van der Waals surface area contributed by atoms with E-state index in [4.69, 9.17) is 14.2 Å². The predicted molar refractivity (Wildman–Crippen MR) is 142 cm³/mol. The fourth-order valence-corrected chi connectivity index (χ4v) is 8.75. The molecule has 0 aromatic carbocycles. The Morgan fingerprint density at radius 3 is 2.55 bits per heavy atom. The van der Waals surface area contributed by atoms with E-state index < -0.39 is 8.07 Å². The molecule has 0 bridgehead atoms. The summed E-state index contributed by atoms with van der Waals surface area (Å²) < 4.78 is 17.9. The molecule has 0 aromatic rings. The quantitative estimate of drug-likeness (QED) is 0.175. The number of allylic oxidation sites excluding steroid dienone is 1. The standard InChI is InChI=1S/C28H46O3SSi/c1-26-13-10-22(30-19-29-3)18-21(26)8-9-23-24(26)11-14-27(2)25(23)12-15-28(27,31-20-32-4)16-17-33(5,6)7/h8,22-25H,9-15,18-20H2,1-7H3/t22-,23+,24-,25-,26-,27-,28+/m0/s1. The van der Waals surface area contributed by atoms with Gasteiger partial charge in [-0.3, -0.25) is 0 Å². The molecule has 0 radical (unpaired) electrons. The largest absolute Gasteiger partial charge is 0.359 e. The second-order valence-electron chi connectivity index (χ2n) is 12.6. The van der Waals surface area contributed by atoms with Gasteiger partial charge in [0.15, 0.2) is 0 Å². The van der Waals surface area contributed by atoms with Gasteiger partial charge in [-0.2, -0.15) is 0 Å². The third-order valence-electron chi connectivity index (χ3n) is 9.66. The molecule has 0 amide bonds. The van der Waals surface area contributed by atoms with Crippen LogP contribution in [-0.2, 0) is 14.2 Å². The van der Waals surface area contributed by atoms with Crippen molar-refractivity contribution in [1.82, 2.24) is 0 Å². The maximum atomic E-state index is 6.74. The summed E-state index contributed by atoms with van der Waals surface area (Å²) in [5.41, 5.74) is 5.65. The molecule has 0 aliphatic heterocycles. The van der Waals surface area contributed by atoms with Crippen LogP contribution in [0, 0.1) is 40.0 Å². The lowest BCUT2D eigenvalue weighted by atomic mass is 9.47. The lowest BCUT2D eigenvalue weighted by molar-refractivity contribution is -0.122. The Balaban J connectivity index is 1.61. The first kappa shape index (κ1) is 25.8. The Hall–Kier alpha value is -0.253. The minimum Gasteiger partial charge on any atom is -0.359 e. The number of thioether (sulfide) groups is 1.